The number of carbonyl (C=O) groups excluding carboxylic acids is 2. The highest BCUT2D eigenvalue weighted by molar-refractivity contribution is 5.89. The van der Waals surface area contributed by atoms with Crippen molar-refractivity contribution in [3.05, 3.63) is 35.4 Å². The first-order chi connectivity index (χ1) is 13.3. The van der Waals surface area contributed by atoms with Crippen LogP contribution in [0.15, 0.2) is 24.3 Å². The monoisotopic (exact) mass is 435 g/mol. The summed E-state index contributed by atoms with van der Waals surface area (Å²) in [6.07, 6.45) is -3.38. The van der Waals surface area contributed by atoms with E-state index in [2.05, 4.69) is 10.6 Å². The van der Waals surface area contributed by atoms with Crippen molar-refractivity contribution in [3.63, 3.8) is 0 Å². The second kappa shape index (κ2) is 9.77. The molecule has 2 saturated heterocycles. The van der Waals surface area contributed by atoms with Gasteiger partial charge in [0, 0.05) is 26.1 Å². The van der Waals surface area contributed by atoms with Crippen LogP contribution in [0.3, 0.4) is 0 Å². The molecule has 0 aromatic heterocycles. The van der Waals surface area contributed by atoms with Crippen molar-refractivity contribution in [2.75, 3.05) is 19.6 Å². The quantitative estimate of drug-likeness (QED) is 0.672. The number of benzene rings is 1. The van der Waals surface area contributed by atoms with Gasteiger partial charge in [0.2, 0.25) is 11.8 Å². The second-order valence-corrected chi connectivity index (χ2v) is 7.35. The Labute approximate surface area is 173 Å². The van der Waals surface area contributed by atoms with Crippen LogP contribution in [-0.2, 0) is 22.3 Å². The molecule has 2 fully saturated rings. The molecule has 2 aliphatic heterocycles. The summed E-state index contributed by atoms with van der Waals surface area (Å²) in [5.41, 5.74) is -0.228. The summed E-state index contributed by atoms with van der Waals surface area (Å²) in [6, 6.07) is 3.78. The van der Waals surface area contributed by atoms with Crippen LogP contribution in [0, 0.1) is 5.92 Å². The van der Waals surface area contributed by atoms with E-state index in [1.54, 1.807) is 0 Å². The van der Waals surface area contributed by atoms with Crippen molar-refractivity contribution in [1.29, 1.82) is 0 Å². The van der Waals surface area contributed by atoms with E-state index in [1.165, 1.54) is 17.0 Å². The van der Waals surface area contributed by atoms with Gasteiger partial charge in [0.25, 0.3) is 0 Å². The number of rotatable bonds is 4. The van der Waals surface area contributed by atoms with Gasteiger partial charge in [0.1, 0.15) is 6.04 Å². The SMILES string of the molecule is Cl.O=C(NCc1ccc(C(F)(F)F)cc1)C1CC(O)CN1C(=O)[C@H]1CCCNC1. The Bertz CT molecular complexity index is 709. The van der Waals surface area contributed by atoms with Crippen LogP contribution < -0.4 is 10.6 Å². The Morgan fingerprint density at radius 1 is 1.24 bits per heavy atom. The highest BCUT2D eigenvalue weighted by atomic mass is 35.5. The zero-order valence-electron chi connectivity index (χ0n) is 15.7. The van der Waals surface area contributed by atoms with Crippen LogP contribution in [0.2, 0.25) is 0 Å². The number of hydrogen-bond acceptors (Lipinski definition) is 4. The third kappa shape index (κ3) is 5.83. The summed E-state index contributed by atoms with van der Waals surface area (Å²) in [6.45, 7) is 1.60. The summed E-state index contributed by atoms with van der Waals surface area (Å²) in [4.78, 5) is 26.8. The van der Waals surface area contributed by atoms with Gasteiger partial charge in [-0.15, -0.1) is 12.4 Å². The summed E-state index contributed by atoms with van der Waals surface area (Å²) < 4.78 is 37.8. The average molecular weight is 436 g/mol. The molecule has 3 rings (SSSR count). The first-order valence-corrected chi connectivity index (χ1v) is 9.39. The Hall–Kier alpha value is -1.84. The van der Waals surface area contributed by atoms with Gasteiger partial charge in [-0.1, -0.05) is 12.1 Å². The molecule has 0 bridgehead atoms. The Kier molecular flexibility index (Phi) is 7.90. The lowest BCUT2D eigenvalue weighted by Crippen LogP contribution is -2.50. The number of piperidine rings is 1. The van der Waals surface area contributed by atoms with Crippen LogP contribution in [0.25, 0.3) is 0 Å². The van der Waals surface area contributed by atoms with Crippen LogP contribution in [0.5, 0.6) is 0 Å². The largest absolute Gasteiger partial charge is 0.416 e. The van der Waals surface area contributed by atoms with Gasteiger partial charge in [0.15, 0.2) is 0 Å². The fourth-order valence-corrected chi connectivity index (χ4v) is 3.72. The normalized spacial score (nSPS) is 24.7. The molecule has 0 radical (unpaired) electrons. The topological polar surface area (TPSA) is 81.7 Å². The smallest absolute Gasteiger partial charge is 0.391 e. The molecule has 0 spiro atoms. The highest BCUT2D eigenvalue weighted by Gasteiger charge is 2.41. The molecule has 162 valence electrons. The molecule has 29 heavy (non-hydrogen) atoms. The number of aliphatic hydroxyl groups excluding tert-OH is 1. The molecule has 2 heterocycles. The molecular weight excluding hydrogens is 411 g/mol. The molecule has 1 aromatic carbocycles. The highest BCUT2D eigenvalue weighted by Crippen LogP contribution is 2.29. The number of hydrogen-bond donors (Lipinski definition) is 3. The first-order valence-electron chi connectivity index (χ1n) is 9.39. The summed E-state index contributed by atoms with van der Waals surface area (Å²) >= 11 is 0. The van der Waals surface area contributed by atoms with E-state index in [0.29, 0.717) is 12.1 Å². The molecule has 0 aliphatic carbocycles. The fourth-order valence-electron chi connectivity index (χ4n) is 3.72. The van der Waals surface area contributed by atoms with E-state index in [1.807, 2.05) is 0 Å². The van der Waals surface area contributed by atoms with Crippen molar-refractivity contribution in [2.45, 2.75) is 44.1 Å². The van der Waals surface area contributed by atoms with Crippen molar-refractivity contribution < 1.29 is 27.9 Å². The minimum Gasteiger partial charge on any atom is -0.391 e. The third-order valence-corrected chi connectivity index (χ3v) is 5.26. The van der Waals surface area contributed by atoms with E-state index in [4.69, 9.17) is 0 Å². The predicted octanol–water partition coefficient (Wildman–Crippen LogP) is 1.70. The number of amides is 2. The van der Waals surface area contributed by atoms with Crippen LogP contribution in [-0.4, -0.2) is 53.6 Å². The Morgan fingerprint density at radius 2 is 1.93 bits per heavy atom. The molecule has 3 atom stereocenters. The standard InChI is InChI=1S/C19H24F3N3O3.ClH/c20-19(21,22)14-5-3-12(4-6-14)9-24-17(27)16-8-15(26)11-25(16)18(28)13-2-1-7-23-10-13;/h3-6,13,15-16,23,26H,1-2,7-11H2,(H,24,27);1H/t13-,15?,16?;/m0./s1. The number of carbonyl (C=O) groups is 2. The molecule has 2 aliphatic rings. The third-order valence-electron chi connectivity index (χ3n) is 5.26. The molecular formula is C19H25ClF3N3O3. The van der Waals surface area contributed by atoms with Gasteiger partial charge in [-0.25, -0.2) is 0 Å². The van der Waals surface area contributed by atoms with Crippen LogP contribution in [0.4, 0.5) is 13.2 Å². The van der Waals surface area contributed by atoms with Crippen LogP contribution >= 0.6 is 12.4 Å². The predicted molar refractivity (Wildman–Crippen MR) is 102 cm³/mol. The van der Waals surface area contributed by atoms with Gasteiger partial charge in [-0.2, -0.15) is 13.2 Å². The van der Waals surface area contributed by atoms with Crippen molar-refractivity contribution in [2.24, 2.45) is 5.92 Å². The first kappa shape index (κ1) is 23.4. The number of aliphatic hydroxyl groups is 1. The molecule has 2 amide bonds. The minimum atomic E-state index is -4.41. The number of nitrogens with zero attached hydrogens (tertiary/aromatic N) is 1. The zero-order valence-corrected chi connectivity index (χ0v) is 16.6. The van der Waals surface area contributed by atoms with E-state index < -0.39 is 29.8 Å². The molecule has 2 unspecified atom stereocenters. The summed E-state index contributed by atoms with van der Waals surface area (Å²) in [5, 5.41) is 15.8. The maximum Gasteiger partial charge on any atom is 0.416 e. The summed E-state index contributed by atoms with van der Waals surface area (Å²) in [7, 11) is 0. The Balaban J connectivity index is 0.00000300. The lowest BCUT2D eigenvalue weighted by molar-refractivity contribution is -0.142. The van der Waals surface area contributed by atoms with E-state index in [-0.39, 0.29) is 43.7 Å². The minimum absolute atomic E-state index is 0. The average Bonchev–Trinajstić information content (AvgIpc) is 3.07. The van der Waals surface area contributed by atoms with Gasteiger partial charge < -0.3 is 20.6 Å². The number of halogens is 4. The number of nitrogens with one attached hydrogen (secondary N) is 2. The number of β-amino-alcohol motifs (C(OH)–C–C–N with tert-alkyl or cyclic N) is 1. The van der Waals surface area contributed by atoms with Gasteiger partial charge in [-0.3, -0.25) is 9.59 Å². The molecule has 10 heteroatoms. The molecule has 0 saturated carbocycles. The van der Waals surface area contributed by atoms with Gasteiger partial charge in [0.05, 0.1) is 17.6 Å². The van der Waals surface area contributed by atoms with Gasteiger partial charge in [-0.05, 0) is 37.1 Å². The van der Waals surface area contributed by atoms with Crippen molar-refractivity contribution >= 4 is 24.2 Å². The van der Waals surface area contributed by atoms with E-state index >= 15 is 0 Å². The zero-order chi connectivity index (χ0) is 20.3. The van der Waals surface area contributed by atoms with Crippen LogP contribution in [0.1, 0.15) is 30.4 Å². The maximum atomic E-state index is 12.8. The number of likely N-dealkylation sites (tertiary alicyclic amines) is 1. The Morgan fingerprint density at radius 3 is 2.52 bits per heavy atom. The lowest BCUT2D eigenvalue weighted by Gasteiger charge is -2.30. The second-order valence-electron chi connectivity index (χ2n) is 7.35. The van der Waals surface area contributed by atoms with Gasteiger partial charge >= 0.3 is 6.18 Å². The molecule has 3 N–H and O–H groups in total. The fraction of sp³-hybridized carbons (Fsp3) is 0.579. The summed E-state index contributed by atoms with van der Waals surface area (Å²) in [5.74, 6) is -0.753. The maximum absolute atomic E-state index is 12.8. The molecule has 6 nitrogen and oxygen atoms in total. The lowest BCUT2D eigenvalue weighted by atomic mass is 9.97. The molecule has 1 aromatic rings. The van der Waals surface area contributed by atoms with E-state index in [0.717, 1.165) is 31.5 Å². The van der Waals surface area contributed by atoms with Crippen molar-refractivity contribution in [3.8, 4) is 0 Å². The number of alkyl halides is 3. The van der Waals surface area contributed by atoms with Crippen molar-refractivity contribution in [1.82, 2.24) is 15.5 Å². The van der Waals surface area contributed by atoms with E-state index in [9.17, 15) is 27.9 Å².